The van der Waals surface area contributed by atoms with Crippen LogP contribution in [0.15, 0.2) is 36.4 Å². The van der Waals surface area contributed by atoms with Gasteiger partial charge >= 0.3 is 0 Å². The van der Waals surface area contributed by atoms with Crippen molar-refractivity contribution in [3.8, 4) is 0 Å². The fourth-order valence-corrected chi connectivity index (χ4v) is 1.63. The number of aromatic nitrogens is 1. The lowest BCUT2D eigenvalue weighted by Gasteiger charge is -2.04. The molecule has 1 aromatic heterocycles. The van der Waals surface area contributed by atoms with Crippen molar-refractivity contribution in [1.82, 2.24) is 4.57 Å². The molecule has 2 nitrogen and oxygen atoms in total. The second-order valence-electron chi connectivity index (χ2n) is 3.96. The Bertz CT molecular complexity index is 520. The van der Waals surface area contributed by atoms with Crippen molar-refractivity contribution in [2.75, 3.05) is 0 Å². The molecule has 81 valence electrons. The molecule has 1 radical (unpaired) electrons. The number of carbonyl (C=O) groups excluding carboxylic acids is 1. The highest BCUT2D eigenvalue weighted by Gasteiger charge is 2.12. The summed E-state index contributed by atoms with van der Waals surface area (Å²) in [6.45, 7) is 5.85. The summed E-state index contributed by atoms with van der Waals surface area (Å²) in [5, 5.41) is 0. The van der Waals surface area contributed by atoms with Gasteiger partial charge in [0.15, 0.2) is 0 Å². The van der Waals surface area contributed by atoms with Crippen LogP contribution < -0.4 is 0 Å². The fourth-order valence-electron chi connectivity index (χ4n) is 1.63. The quantitative estimate of drug-likeness (QED) is 0.701. The highest BCUT2D eigenvalue weighted by Crippen LogP contribution is 2.13. The topological polar surface area (TPSA) is 22.0 Å². The minimum absolute atomic E-state index is 0.0393. The lowest BCUT2D eigenvalue weighted by molar-refractivity contribution is 0.103. The molecule has 0 atom stereocenters. The zero-order chi connectivity index (χ0) is 11.7. The van der Waals surface area contributed by atoms with Gasteiger partial charge in [-0.3, -0.25) is 4.79 Å². The van der Waals surface area contributed by atoms with E-state index in [0.717, 1.165) is 11.3 Å². The van der Waals surface area contributed by atoms with E-state index in [-0.39, 0.29) is 5.78 Å². The van der Waals surface area contributed by atoms with Crippen molar-refractivity contribution in [2.45, 2.75) is 6.92 Å². The zero-order valence-electron chi connectivity index (χ0n) is 9.53. The fraction of sp³-hybridized carbons (Fsp3) is 0.143. The predicted molar refractivity (Wildman–Crippen MR) is 64.5 cm³/mol. The van der Waals surface area contributed by atoms with Crippen LogP contribution in [0.4, 0.5) is 0 Å². The van der Waals surface area contributed by atoms with Crippen molar-refractivity contribution in [2.24, 2.45) is 7.05 Å². The monoisotopic (exact) mass is 212 g/mol. The first kappa shape index (κ1) is 10.7. The lowest BCUT2D eigenvalue weighted by atomic mass is 10.1. The van der Waals surface area contributed by atoms with Crippen molar-refractivity contribution < 1.29 is 4.79 Å². The van der Waals surface area contributed by atoms with E-state index in [2.05, 4.69) is 6.92 Å². The van der Waals surface area contributed by atoms with Gasteiger partial charge in [0, 0.05) is 18.3 Å². The van der Waals surface area contributed by atoms with Gasteiger partial charge in [0.2, 0.25) is 5.78 Å². The SMILES string of the molecule is [CH2]c1ccc(C(=O)c2ccc(C)cc2)n1C. The summed E-state index contributed by atoms with van der Waals surface area (Å²) >= 11 is 0. The molecule has 0 aliphatic heterocycles. The molecule has 0 unspecified atom stereocenters. The Kier molecular flexibility index (Phi) is 2.65. The molecule has 0 spiro atoms. The van der Waals surface area contributed by atoms with Gasteiger partial charge in [-0.15, -0.1) is 0 Å². The average Bonchev–Trinajstić information content (AvgIpc) is 2.60. The molecular weight excluding hydrogens is 198 g/mol. The van der Waals surface area contributed by atoms with E-state index in [1.165, 1.54) is 0 Å². The van der Waals surface area contributed by atoms with Crippen LogP contribution in [0.3, 0.4) is 0 Å². The normalized spacial score (nSPS) is 10.4. The van der Waals surface area contributed by atoms with Crippen molar-refractivity contribution in [3.05, 3.63) is 65.8 Å². The van der Waals surface area contributed by atoms with Gasteiger partial charge in [-0.1, -0.05) is 29.8 Å². The number of hydrogen-bond acceptors (Lipinski definition) is 1. The van der Waals surface area contributed by atoms with E-state index in [9.17, 15) is 4.79 Å². The largest absolute Gasteiger partial charge is 0.345 e. The summed E-state index contributed by atoms with van der Waals surface area (Å²) in [6.07, 6.45) is 0. The van der Waals surface area contributed by atoms with E-state index < -0.39 is 0 Å². The predicted octanol–water partition coefficient (Wildman–Crippen LogP) is 2.75. The van der Waals surface area contributed by atoms with Crippen LogP contribution in [0.1, 0.15) is 27.3 Å². The van der Waals surface area contributed by atoms with Crippen LogP contribution in [0.2, 0.25) is 0 Å². The molecule has 0 aliphatic carbocycles. The Hall–Kier alpha value is -1.83. The standard InChI is InChI=1S/C14H14NO/c1-10-4-7-12(8-5-10)14(16)13-9-6-11(2)15(13)3/h4-9H,2H2,1,3H3. The van der Waals surface area contributed by atoms with Crippen LogP contribution in [0.25, 0.3) is 0 Å². The molecule has 0 amide bonds. The molecular formula is C14H14NO. The van der Waals surface area contributed by atoms with Crippen LogP contribution >= 0.6 is 0 Å². The molecule has 0 aliphatic rings. The van der Waals surface area contributed by atoms with Crippen molar-refractivity contribution in [1.29, 1.82) is 0 Å². The van der Waals surface area contributed by atoms with E-state index in [1.807, 2.05) is 54.9 Å². The maximum atomic E-state index is 12.1. The number of benzene rings is 1. The second kappa shape index (κ2) is 3.97. The first-order valence-electron chi connectivity index (χ1n) is 5.18. The summed E-state index contributed by atoms with van der Waals surface area (Å²) in [7, 11) is 1.85. The number of rotatable bonds is 2. The Labute approximate surface area is 95.5 Å². The van der Waals surface area contributed by atoms with Gasteiger partial charge in [0.05, 0.1) is 5.69 Å². The van der Waals surface area contributed by atoms with Crippen molar-refractivity contribution in [3.63, 3.8) is 0 Å². The second-order valence-corrected chi connectivity index (χ2v) is 3.96. The number of carbonyl (C=O) groups is 1. The third-order valence-electron chi connectivity index (χ3n) is 2.77. The summed E-state index contributed by atoms with van der Waals surface area (Å²) in [6, 6.07) is 11.3. The molecule has 2 rings (SSSR count). The first-order valence-corrected chi connectivity index (χ1v) is 5.18. The Morgan fingerprint density at radius 1 is 1.12 bits per heavy atom. The van der Waals surface area contributed by atoms with Crippen molar-refractivity contribution >= 4 is 5.78 Å². The van der Waals surface area contributed by atoms with Gasteiger partial charge in [-0.25, -0.2) is 0 Å². The summed E-state index contributed by atoms with van der Waals surface area (Å²) < 4.78 is 1.81. The maximum Gasteiger partial charge on any atom is 0.209 e. The number of hydrogen-bond donors (Lipinski definition) is 0. The van der Waals surface area contributed by atoms with E-state index in [1.54, 1.807) is 0 Å². The molecule has 2 heteroatoms. The Morgan fingerprint density at radius 2 is 1.75 bits per heavy atom. The molecule has 1 aromatic carbocycles. The Morgan fingerprint density at radius 3 is 2.25 bits per heavy atom. The summed E-state index contributed by atoms with van der Waals surface area (Å²) in [5.74, 6) is 0.0393. The Balaban J connectivity index is 2.39. The summed E-state index contributed by atoms with van der Waals surface area (Å²) in [4.78, 5) is 12.1. The van der Waals surface area contributed by atoms with Gasteiger partial charge in [0.25, 0.3) is 0 Å². The smallest absolute Gasteiger partial charge is 0.209 e. The lowest BCUT2D eigenvalue weighted by Crippen LogP contribution is -2.07. The van der Waals surface area contributed by atoms with Crippen LogP contribution in [-0.4, -0.2) is 10.4 Å². The highest BCUT2D eigenvalue weighted by atomic mass is 16.1. The molecule has 0 fully saturated rings. The number of aryl methyl sites for hydroxylation is 1. The van der Waals surface area contributed by atoms with Gasteiger partial charge in [-0.05, 0) is 26.0 Å². The zero-order valence-corrected chi connectivity index (χ0v) is 9.53. The molecule has 0 N–H and O–H groups in total. The number of nitrogens with zero attached hydrogens (tertiary/aromatic N) is 1. The van der Waals surface area contributed by atoms with Gasteiger partial charge in [0.1, 0.15) is 0 Å². The minimum atomic E-state index is 0.0393. The van der Waals surface area contributed by atoms with Crippen LogP contribution in [0.5, 0.6) is 0 Å². The molecule has 1 heterocycles. The van der Waals surface area contributed by atoms with E-state index >= 15 is 0 Å². The van der Waals surface area contributed by atoms with E-state index in [0.29, 0.717) is 11.3 Å². The third-order valence-corrected chi connectivity index (χ3v) is 2.77. The number of ketones is 1. The van der Waals surface area contributed by atoms with Gasteiger partial charge < -0.3 is 4.57 Å². The van der Waals surface area contributed by atoms with Crippen LogP contribution in [-0.2, 0) is 7.05 Å². The molecule has 2 aromatic rings. The maximum absolute atomic E-state index is 12.1. The summed E-state index contributed by atoms with van der Waals surface area (Å²) in [5.41, 5.74) is 3.39. The molecule has 16 heavy (non-hydrogen) atoms. The van der Waals surface area contributed by atoms with Gasteiger partial charge in [-0.2, -0.15) is 0 Å². The highest BCUT2D eigenvalue weighted by molar-refractivity contribution is 6.08. The average molecular weight is 212 g/mol. The third kappa shape index (κ3) is 1.78. The molecule has 0 bridgehead atoms. The molecule has 0 saturated heterocycles. The minimum Gasteiger partial charge on any atom is -0.345 e. The van der Waals surface area contributed by atoms with E-state index in [4.69, 9.17) is 0 Å². The molecule has 0 saturated carbocycles. The van der Waals surface area contributed by atoms with Crippen LogP contribution in [0, 0.1) is 13.8 Å². The first-order chi connectivity index (χ1) is 7.59.